The monoisotopic (exact) mass is 301 g/mol. The fourth-order valence-corrected chi connectivity index (χ4v) is 2.29. The second-order valence-corrected chi connectivity index (χ2v) is 5.03. The van der Waals surface area contributed by atoms with Gasteiger partial charge in [-0.05, 0) is 31.2 Å². The molecular weight excluding hydrogens is 291 g/mol. The van der Waals surface area contributed by atoms with E-state index >= 15 is 0 Å². The summed E-state index contributed by atoms with van der Waals surface area (Å²) >= 11 is 1.02. The van der Waals surface area contributed by atoms with Crippen molar-refractivity contribution >= 4 is 28.1 Å². The van der Waals surface area contributed by atoms with E-state index in [9.17, 15) is 18.0 Å². The molecule has 1 amide bonds. The smallest absolute Gasteiger partial charge is 0.375 e. The van der Waals surface area contributed by atoms with E-state index in [1.807, 2.05) is 0 Å². The summed E-state index contributed by atoms with van der Waals surface area (Å²) in [7, 11) is 0. The first-order chi connectivity index (χ1) is 9.27. The molecular formula is C12H10F3N3OS. The maximum atomic E-state index is 12.4. The van der Waals surface area contributed by atoms with Crippen molar-refractivity contribution in [2.45, 2.75) is 13.1 Å². The maximum absolute atomic E-state index is 12.4. The number of hydrogen-bond donors (Lipinski definition) is 2. The van der Waals surface area contributed by atoms with Gasteiger partial charge >= 0.3 is 6.18 Å². The molecule has 0 spiro atoms. The minimum Gasteiger partial charge on any atom is -0.375 e. The number of aryl methyl sites for hydroxylation is 1. The second kappa shape index (κ2) is 5.12. The summed E-state index contributed by atoms with van der Waals surface area (Å²) in [5, 5.41) is 2.76. The van der Waals surface area contributed by atoms with Crippen LogP contribution in [0.15, 0.2) is 24.3 Å². The lowest BCUT2D eigenvalue weighted by Gasteiger charge is -2.08. The maximum Gasteiger partial charge on any atom is 0.416 e. The summed E-state index contributed by atoms with van der Waals surface area (Å²) in [5.74, 6) is -0.448. The Morgan fingerprint density at radius 2 is 1.90 bits per heavy atom. The molecule has 2 rings (SSSR count). The van der Waals surface area contributed by atoms with Crippen LogP contribution in [0.1, 0.15) is 20.9 Å². The summed E-state index contributed by atoms with van der Waals surface area (Å²) < 4.78 is 37.2. The van der Waals surface area contributed by atoms with Crippen molar-refractivity contribution in [2.24, 2.45) is 0 Å². The molecule has 8 heteroatoms. The lowest BCUT2D eigenvalue weighted by molar-refractivity contribution is -0.137. The Labute approximate surface area is 116 Å². The molecule has 2 aromatic rings. The van der Waals surface area contributed by atoms with E-state index in [4.69, 9.17) is 5.73 Å². The average Bonchev–Trinajstić information content (AvgIpc) is 2.68. The minimum atomic E-state index is -4.40. The zero-order chi connectivity index (χ0) is 14.9. The van der Waals surface area contributed by atoms with E-state index in [2.05, 4.69) is 10.3 Å². The Morgan fingerprint density at radius 1 is 1.30 bits per heavy atom. The Balaban J connectivity index is 2.14. The number of amides is 1. The SMILES string of the molecule is Cc1nc(N)sc1C(=O)Nc1ccc(C(F)(F)F)cc1. The third kappa shape index (κ3) is 3.08. The Bertz CT molecular complexity index is 634. The fourth-order valence-electron chi connectivity index (χ4n) is 1.56. The van der Waals surface area contributed by atoms with Crippen LogP contribution < -0.4 is 11.1 Å². The Morgan fingerprint density at radius 3 is 2.35 bits per heavy atom. The predicted octanol–water partition coefficient (Wildman–Crippen LogP) is 3.30. The van der Waals surface area contributed by atoms with E-state index in [1.54, 1.807) is 6.92 Å². The number of anilines is 2. The third-order valence-corrected chi connectivity index (χ3v) is 3.47. The molecule has 4 nitrogen and oxygen atoms in total. The lowest BCUT2D eigenvalue weighted by Crippen LogP contribution is -2.12. The molecule has 3 N–H and O–H groups in total. The number of nitrogens with one attached hydrogen (secondary N) is 1. The van der Waals surface area contributed by atoms with E-state index in [1.165, 1.54) is 12.1 Å². The number of nitrogen functional groups attached to an aromatic ring is 1. The highest BCUT2D eigenvalue weighted by Crippen LogP contribution is 2.30. The van der Waals surface area contributed by atoms with Crippen molar-refractivity contribution < 1.29 is 18.0 Å². The summed E-state index contributed by atoms with van der Waals surface area (Å²) in [4.78, 5) is 16.2. The zero-order valence-corrected chi connectivity index (χ0v) is 11.1. The largest absolute Gasteiger partial charge is 0.416 e. The molecule has 0 atom stereocenters. The minimum absolute atomic E-state index is 0.264. The summed E-state index contributed by atoms with van der Waals surface area (Å²) in [6.45, 7) is 1.63. The number of rotatable bonds is 2. The standard InChI is InChI=1S/C12H10F3N3OS/c1-6-9(20-11(16)17-6)10(19)18-8-4-2-7(3-5-8)12(13,14)15/h2-5H,1H3,(H2,16,17)(H,18,19). The van der Waals surface area contributed by atoms with Crippen LogP contribution in [0.2, 0.25) is 0 Å². The van der Waals surface area contributed by atoms with Gasteiger partial charge in [-0.3, -0.25) is 4.79 Å². The number of carbonyl (C=O) groups is 1. The van der Waals surface area contributed by atoms with Gasteiger partial charge in [-0.2, -0.15) is 13.2 Å². The molecule has 0 aliphatic carbocycles. The van der Waals surface area contributed by atoms with E-state index in [-0.39, 0.29) is 10.8 Å². The summed E-state index contributed by atoms with van der Waals surface area (Å²) in [6, 6.07) is 4.20. The van der Waals surface area contributed by atoms with E-state index in [0.29, 0.717) is 10.6 Å². The van der Waals surface area contributed by atoms with Crippen LogP contribution in [0, 0.1) is 6.92 Å². The summed E-state index contributed by atoms with van der Waals surface area (Å²) in [5.41, 5.74) is 5.47. The zero-order valence-electron chi connectivity index (χ0n) is 10.3. The van der Waals surface area contributed by atoms with Gasteiger partial charge in [0.05, 0.1) is 11.3 Å². The molecule has 0 radical (unpaired) electrons. The molecule has 0 aliphatic heterocycles. The molecule has 106 valence electrons. The van der Waals surface area contributed by atoms with Crippen LogP contribution >= 0.6 is 11.3 Å². The first kappa shape index (κ1) is 14.3. The number of aromatic nitrogens is 1. The average molecular weight is 301 g/mol. The van der Waals surface area contributed by atoms with Crippen molar-refractivity contribution in [2.75, 3.05) is 11.1 Å². The van der Waals surface area contributed by atoms with Crippen LogP contribution in [0.5, 0.6) is 0 Å². The molecule has 0 saturated heterocycles. The van der Waals surface area contributed by atoms with E-state index < -0.39 is 17.6 Å². The van der Waals surface area contributed by atoms with Gasteiger partial charge in [0, 0.05) is 5.69 Å². The Hall–Kier alpha value is -2.09. The number of thiazole rings is 1. The van der Waals surface area contributed by atoms with Crippen molar-refractivity contribution in [1.29, 1.82) is 0 Å². The van der Waals surface area contributed by atoms with Crippen molar-refractivity contribution in [3.8, 4) is 0 Å². The first-order valence-electron chi connectivity index (χ1n) is 5.49. The predicted molar refractivity (Wildman–Crippen MR) is 70.7 cm³/mol. The first-order valence-corrected chi connectivity index (χ1v) is 6.30. The molecule has 1 aromatic heterocycles. The number of nitrogens with two attached hydrogens (primary N) is 1. The highest BCUT2D eigenvalue weighted by molar-refractivity contribution is 7.17. The molecule has 1 aromatic carbocycles. The van der Waals surface area contributed by atoms with Crippen molar-refractivity contribution in [3.05, 3.63) is 40.4 Å². The van der Waals surface area contributed by atoms with Gasteiger partial charge < -0.3 is 11.1 Å². The van der Waals surface area contributed by atoms with Crippen molar-refractivity contribution in [3.63, 3.8) is 0 Å². The topological polar surface area (TPSA) is 68.0 Å². The van der Waals surface area contributed by atoms with Gasteiger partial charge in [-0.1, -0.05) is 11.3 Å². The Kier molecular flexibility index (Phi) is 3.67. The molecule has 0 fully saturated rings. The molecule has 0 saturated carbocycles. The van der Waals surface area contributed by atoms with Crippen LogP contribution in [-0.4, -0.2) is 10.9 Å². The second-order valence-electron chi connectivity index (χ2n) is 4.00. The number of alkyl halides is 3. The molecule has 0 aliphatic rings. The van der Waals surface area contributed by atoms with Crippen molar-refractivity contribution in [1.82, 2.24) is 4.98 Å². The van der Waals surface area contributed by atoms with Gasteiger partial charge in [-0.15, -0.1) is 0 Å². The van der Waals surface area contributed by atoms with Crippen LogP contribution in [0.25, 0.3) is 0 Å². The molecule has 0 unspecified atom stereocenters. The highest BCUT2D eigenvalue weighted by atomic mass is 32.1. The van der Waals surface area contributed by atoms with Gasteiger partial charge in [0.15, 0.2) is 5.13 Å². The molecule has 1 heterocycles. The van der Waals surface area contributed by atoms with Gasteiger partial charge in [0.1, 0.15) is 4.88 Å². The van der Waals surface area contributed by atoms with E-state index in [0.717, 1.165) is 23.5 Å². The van der Waals surface area contributed by atoms with Crippen LogP contribution in [0.4, 0.5) is 24.0 Å². The number of carbonyl (C=O) groups excluding carboxylic acids is 1. The number of halogens is 3. The van der Waals surface area contributed by atoms with Crippen LogP contribution in [0.3, 0.4) is 0 Å². The lowest BCUT2D eigenvalue weighted by atomic mass is 10.2. The highest BCUT2D eigenvalue weighted by Gasteiger charge is 2.30. The fraction of sp³-hybridized carbons (Fsp3) is 0.167. The quantitative estimate of drug-likeness (QED) is 0.894. The molecule has 0 bridgehead atoms. The number of benzene rings is 1. The van der Waals surface area contributed by atoms with Gasteiger partial charge in [0.25, 0.3) is 5.91 Å². The molecule has 20 heavy (non-hydrogen) atoms. The number of nitrogens with zero attached hydrogens (tertiary/aromatic N) is 1. The number of hydrogen-bond acceptors (Lipinski definition) is 4. The normalized spacial score (nSPS) is 11.4. The third-order valence-electron chi connectivity index (χ3n) is 2.49. The van der Waals surface area contributed by atoms with Gasteiger partial charge in [0.2, 0.25) is 0 Å². The summed E-state index contributed by atoms with van der Waals surface area (Å²) in [6.07, 6.45) is -4.40. The van der Waals surface area contributed by atoms with Crippen LogP contribution in [-0.2, 0) is 6.18 Å². The van der Waals surface area contributed by atoms with Gasteiger partial charge in [-0.25, -0.2) is 4.98 Å².